The molecule has 1 aromatic carbocycles. The molecule has 134 valence electrons. The summed E-state index contributed by atoms with van der Waals surface area (Å²) in [5.74, 6) is 0.710. The van der Waals surface area contributed by atoms with E-state index in [2.05, 4.69) is 56.9 Å². The molecule has 1 aliphatic rings. The lowest BCUT2D eigenvalue weighted by Gasteiger charge is -2.27. The lowest BCUT2D eigenvalue weighted by Crippen LogP contribution is -2.31. The first-order valence-electron chi connectivity index (χ1n) is 9.29. The fraction of sp³-hybridized carbons (Fsp3) is 0.227. The highest BCUT2D eigenvalue weighted by Gasteiger charge is 2.20. The molecule has 1 aliphatic heterocycles. The highest BCUT2D eigenvalue weighted by molar-refractivity contribution is 5.83. The molecule has 4 heterocycles. The van der Waals surface area contributed by atoms with Crippen LogP contribution in [0.25, 0.3) is 22.4 Å². The van der Waals surface area contributed by atoms with Gasteiger partial charge in [-0.25, -0.2) is 9.97 Å². The zero-order valence-corrected chi connectivity index (χ0v) is 15.3. The van der Waals surface area contributed by atoms with Crippen molar-refractivity contribution in [2.75, 3.05) is 6.54 Å². The second kappa shape index (κ2) is 6.59. The van der Waals surface area contributed by atoms with Gasteiger partial charge in [0.05, 0.1) is 5.69 Å². The fourth-order valence-corrected chi connectivity index (χ4v) is 3.90. The highest BCUT2D eigenvalue weighted by atomic mass is 15.1. The second-order valence-corrected chi connectivity index (χ2v) is 7.12. The molecule has 0 saturated heterocycles. The van der Waals surface area contributed by atoms with Gasteiger partial charge < -0.3 is 4.57 Å². The Balaban J connectivity index is 1.42. The normalized spacial score (nSPS) is 14.4. The van der Waals surface area contributed by atoms with E-state index in [0.717, 1.165) is 37.4 Å². The maximum absolute atomic E-state index is 4.82. The third kappa shape index (κ3) is 3.00. The minimum Gasteiger partial charge on any atom is -0.350 e. The number of nitrogens with zero attached hydrogens (tertiary/aromatic N) is 5. The monoisotopic (exact) mass is 355 g/mol. The van der Waals surface area contributed by atoms with Crippen LogP contribution in [-0.4, -0.2) is 31.0 Å². The number of fused-ring (bicyclic) bond motifs is 2. The standard InChI is InChI=1S/C22H21N5/c1-26-13-17(18-6-2-3-8-21(18)26)14-27-11-9-16-12-24-22(25-20(16)15-27)19-7-4-5-10-23-19/h2-8,10,12-13H,9,11,14-15H2,1H3. The fourth-order valence-electron chi connectivity index (χ4n) is 3.90. The van der Waals surface area contributed by atoms with Gasteiger partial charge in [0.25, 0.3) is 0 Å². The van der Waals surface area contributed by atoms with E-state index in [0.29, 0.717) is 5.82 Å². The van der Waals surface area contributed by atoms with E-state index in [-0.39, 0.29) is 0 Å². The van der Waals surface area contributed by atoms with E-state index >= 15 is 0 Å². The van der Waals surface area contributed by atoms with Crippen LogP contribution in [0.1, 0.15) is 16.8 Å². The molecule has 5 rings (SSSR count). The lowest BCUT2D eigenvalue weighted by molar-refractivity contribution is 0.242. The van der Waals surface area contributed by atoms with E-state index in [1.165, 1.54) is 22.0 Å². The van der Waals surface area contributed by atoms with Gasteiger partial charge in [0.1, 0.15) is 5.69 Å². The summed E-state index contributed by atoms with van der Waals surface area (Å²) in [5.41, 5.74) is 5.85. The van der Waals surface area contributed by atoms with Gasteiger partial charge in [0, 0.05) is 56.2 Å². The molecule has 0 unspecified atom stereocenters. The predicted molar refractivity (Wildman–Crippen MR) is 106 cm³/mol. The molecule has 0 atom stereocenters. The van der Waals surface area contributed by atoms with Crippen LogP contribution >= 0.6 is 0 Å². The number of benzene rings is 1. The van der Waals surface area contributed by atoms with Crippen molar-refractivity contribution in [2.45, 2.75) is 19.5 Å². The Morgan fingerprint density at radius 3 is 2.81 bits per heavy atom. The van der Waals surface area contributed by atoms with Crippen molar-refractivity contribution in [1.82, 2.24) is 24.4 Å². The molecule has 4 aromatic rings. The molecule has 0 radical (unpaired) electrons. The lowest BCUT2D eigenvalue weighted by atomic mass is 10.1. The zero-order chi connectivity index (χ0) is 18.2. The van der Waals surface area contributed by atoms with Crippen molar-refractivity contribution in [3.63, 3.8) is 0 Å². The van der Waals surface area contributed by atoms with Gasteiger partial charge in [-0.3, -0.25) is 9.88 Å². The van der Waals surface area contributed by atoms with Gasteiger partial charge in [0.2, 0.25) is 0 Å². The Morgan fingerprint density at radius 2 is 1.93 bits per heavy atom. The first-order chi connectivity index (χ1) is 13.3. The minimum atomic E-state index is 0.710. The van der Waals surface area contributed by atoms with Gasteiger partial charge >= 0.3 is 0 Å². The highest BCUT2D eigenvalue weighted by Crippen LogP contribution is 2.25. The third-order valence-corrected chi connectivity index (χ3v) is 5.29. The summed E-state index contributed by atoms with van der Waals surface area (Å²) >= 11 is 0. The summed E-state index contributed by atoms with van der Waals surface area (Å²) in [6.07, 6.45) is 6.99. The summed E-state index contributed by atoms with van der Waals surface area (Å²) in [6.45, 7) is 2.81. The average Bonchev–Trinajstić information content (AvgIpc) is 3.04. The van der Waals surface area contributed by atoms with Gasteiger partial charge in [0.15, 0.2) is 5.82 Å². The van der Waals surface area contributed by atoms with E-state index in [1.54, 1.807) is 6.20 Å². The zero-order valence-electron chi connectivity index (χ0n) is 15.3. The first-order valence-corrected chi connectivity index (χ1v) is 9.29. The number of pyridine rings is 1. The number of hydrogen-bond acceptors (Lipinski definition) is 4. The molecule has 0 fully saturated rings. The van der Waals surface area contributed by atoms with Gasteiger partial charge in [-0.1, -0.05) is 24.3 Å². The Kier molecular flexibility index (Phi) is 3.94. The third-order valence-electron chi connectivity index (χ3n) is 5.29. The number of aryl methyl sites for hydroxylation is 1. The van der Waals surface area contributed by atoms with Crippen molar-refractivity contribution in [3.8, 4) is 11.5 Å². The van der Waals surface area contributed by atoms with E-state index in [1.807, 2.05) is 24.4 Å². The number of rotatable bonds is 3. The van der Waals surface area contributed by atoms with Crippen LogP contribution in [0.2, 0.25) is 0 Å². The molecule has 5 nitrogen and oxygen atoms in total. The molecular formula is C22H21N5. The van der Waals surface area contributed by atoms with Crippen LogP contribution in [-0.2, 0) is 26.6 Å². The SMILES string of the molecule is Cn1cc(CN2CCc3cnc(-c4ccccn4)nc3C2)c2ccccc21. The number of para-hydroxylation sites is 1. The first kappa shape index (κ1) is 16.1. The summed E-state index contributed by atoms with van der Waals surface area (Å²) in [7, 11) is 2.11. The molecule has 3 aromatic heterocycles. The summed E-state index contributed by atoms with van der Waals surface area (Å²) in [6, 6.07) is 14.4. The largest absolute Gasteiger partial charge is 0.350 e. The van der Waals surface area contributed by atoms with Crippen molar-refractivity contribution >= 4 is 10.9 Å². The molecule has 0 aliphatic carbocycles. The van der Waals surface area contributed by atoms with Crippen molar-refractivity contribution in [2.24, 2.45) is 7.05 Å². The Labute approximate surface area is 158 Å². The maximum Gasteiger partial charge on any atom is 0.178 e. The molecule has 0 bridgehead atoms. The van der Waals surface area contributed by atoms with Crippen molar-refractivity contribution in [1.29, 1.82) is 0 Å². The van der Waals surface area contributed by atoms with Crippen LogP contribution in [0.3, 0.4) is 0 Å². The maximum atomic E-state index is 4.82. The van der Waals surface area contributed by atoms with E-state index in [9.17, 15) is 0 Å². The average molecular weight is 355 g/mol. The summed E-state index contributed by atoms with van der Waals surface area (Å²) < 4.78 is 2.21. The molecule has 5 heteroatoms. The predicted octanol–water partition coefficient (Wildman–Crippen LogP) is 3.59. The second-order valence-electron chi connectivity index (χ2n) is 7.12. The molecule has 27 heavy (non-hydrogen) atoms. The Hall–Kier alpha value is -3.05. The molecule has 0 saturated carbocycles. The molecular weight excluding hydrogens is 334 g/mol. The summed E-state index contributed by atoms with van der Waals surface area (Å²) in [5, 5.41) is 1.34. The van der Waals surface area contributed by atoms with Gasteiger partial charge in [-0.2, -0.15) is 0 Å². The Morgan fingerprint density at radius 1 is 1.04 bits per heavy atom. The Bertz CT molecular complexity index is 1100. The molecule has 0 N–H and O–H groups in total. The van der Waals surface area contributed by atoms with E-state index in [4.69, 9.17) is 4.98 Å². The van der Waals surface area contributed by atoms with Gasteiger partial charge in [-0.15, -0.1) is 0 Å². The van der Waals surface area contributed by atoms with Crippen LogP contribution in [0.5, 0.6) is 0 Å². The van der Waals surface area contributed by atoms with E-state index < -0.39 is 0 Å². The number of aromatic nitrogens is 4. The van der Waals surface area contributed by atoms with Crippen LogP contribution in [0.15, 0.2) is 61.1 Å². The van der Waals surface area contributed by atoms with Gasteiger partial charge in [-0.05, 0) is 35.7 Å². The van der Waals surface area contributed by atoms with Crippen LogP contribution < -0.4 is 0 Å². The molecule has 0 amide bonds. The van der Waals surface area contributed by atoms with Crippen molar-refractivity contribution < 1.29 is 0 Å². The smallest absolute Gasteiger partial charge is 0.178 e. The van der Waals surface area contributed by atoms with Crippen molar-refractivity contribution in [3.05, 3.63) is 77.9 Å². The molecule has 0 spiro atoms. The topological polar surface area (TPSA) is 46.8 Å². The van der Waals surface area contributed by atoms with Crippen LogP contribution in [0, 0.1) is 0 Å². The minimum absolute atomic E-state index is 0.710. The number of hydrogen-bond donors (Lipinski definition) is 0. The quantitative estimate of drug-likeness (QED) is 0.563. The van der Waals surface area contributed by atoms with Crippen LogP contribution in [0.4, 0.5) is 0 Å². The summed E-state index contributed by atoms with van der Waals surface area (Å²) in [4.78, 5) is 16.2.